The number of halogens is 1. The molecule has 0 saturated heterocycles. The summed E-state index contributed by atoms with van der Waals surface area (Å²) in [5.74, 6) is 0. The minimum atomic E-state index is -0.702. The molecule has 2 nitrogen and oxygen atoms in total. The van der Waals surface area contributed by atoms with Crippen LogP contribution in [0.4, 0.5) is 10.1 Å². The summed E-state index contributed by atoms with van der Waals surface area (Å²) in [5.41, 5.74) is 1.93. The normalized spacial score (nSPS) is 24.1. The van der Waals surface area contributed by atoms with E-state index >= 15 is 0 Å². The molecule has 1 fully saturated rings. The summed E-state index contributed by atoms with van der Waals surface area (Å²) in [6.45, 7) is 0. The number of aromatic nitrogens is 1. The highest BCUT2D eigenvalue weighted by molar-refractivity contribution is 5.91. The molecule has 2 unspecified atom stereocenters. The number of hydrogen-bond acceptors (Lipinski definition) is 2. The standard InChI is InChI=1S/C13H13FN2/c14-10-6-7-13(10)16-12-5-1-4-11-9(12)3-2-8-15-11/h1-5,8,10,13,16H,6-7H2. The first-order valence-corrected chi connectivity index (χ1v) is 5.59. The van der Waals surface area contributed by atoms with E-state index in [1.165, 1.54) is 0 Å². The summed E-state index contributed by atoms with van der Waals surface area (Å²) in [7, 11) is 0. The Labute approximate surface area is 93.5 Å². The highest BCUT2D eigenvalue weighted by atomic mass is 19.1. The fourth-order valence-electron chi connectivity index (χ4n) is 2.05. The number of benzene rings is 1. The monoisotopic (exact) mass is 216 g/mol. The third kappa shape index (κ3) is 1.52. The van der Waals surface area contributed by atoms with Crippen molar-refractivity contribution >= 4 is 16.6 Å². The lowest BCUT2D eigenvalue weighted by Gasteiger charge is -2.32. The van der Waals surface area contributed by atoms with Crippen LogP contribution in [0.5, 0.6) is 0 Å². The molecule has 1 aromatic heterocycles. The molecule has 2 aromatic rings. The maximum Gasteiger partial charge on any atom is 0.120 e. The molecule has 0 bridgehead atoms. The average molecular weight is 216 g/mol. The Kier molecular flexibility index (Phi) is 2.24. The lowest BCUT2D eigenvalue weighted by atomic mass is 9.90. The maximum absolute atomic E-state index is 13.2. The third-order valence-corrected chi connectivity index (χ3v) is 3.18. The van der Waals surface area contributed by atoms with Crippen molar-refractivity contribution < 1.29 is 4.39 Å². The molecule has 1 heterocycles. The zero-order valence-electron chi connectivity index (χ0n) is 8.86. The van der Waals surface area contributed by atoms with Crippen LogP contribution in [0.1, 0.15) is 12.8 Å². The molecule has 0 radical (unpaired) electrons. The van der Waals surface area contributed by atoms with Gasteiger partial charge in [0, 0.05) is 17.3 Å². The molecular formula is C13H13FN2. The van der Waals surface area contributed by atoms with E-state index in [2.05, 4.69) is 10.3 Å². The van der Waals surface area contributed by atoms with Crippen molar-refractivity contribution in [1.29, 1.82) is 0 Å². The fraction of sp³-hybridized carbons (Fsp3) is 0.308. The van der Waals surface area contributed by atoms with Gasteiger partial charge in [-0.15, -0.1) is 0 Å². The van der Waals surface area contributed by atoms with Crippen LogP contribution >= 0.6 is 0 Å². The minimum Gasteiger partial charge on any atom is -0.379 e. The molecule has 1 saturated carbocycles. The van der Waals surface area contributed by atoms with E-state index in [4.69, 9.17) is 0 Å². The summed E-state index contributed by atoms with van der Waals surface area (Å²) in [5, 5.41) is 4.32. The Morgan fingerprint density at radius 2 is 2.12 bits per heavy atom. The molecule has 0 aliphatic heterocycles. The molecule has 2 atom stereocenters. The predicted molar refractivity (Wildman–Crippen MR) is 63.3 cm³/mol. The first-order valence-electron chi connectivity index (χ1n) is 5.59. The molecule has 1 aliphatic carbocycles. The topological polar surface area (TPSA) is 24.9 Å². The Hall–Kier alpha value is -1.64. The summed E-state index contributed by atoms with van der Waals surface area (Å²) in [6, 6.07) is 9.79. The SMILES string of the molecule is FC1CCC1Nc1cccc2ncccc12. The van der Waals surface area contributed by atoms with Crippen LogP contribution in [0.2, 0.25) is 0 Å². The van der Waals surface area contributed by atoms with Gasteiger partial charge in [0.05, 0.1) is 11.6 Å². The Morgan fingerprint density at radius 1 is 1.19 bits per heavy atom. The van der Waals surface area contributed by atoms with Gasteiger partial charge in [0.1, 0.15) is 6.17 Å². The number of fused-ring (bicyclic) bond motifs is 1. The average Bonchev–Trinajstić information content (AvgIpc) is 2.34. The number of nitrogens with one attached hydrogen (secondary N) is 1. The van der Waals surface area contributed by atoms with Crippen LogP contribution in [0.15, 0.2) is 36.5 Å². The second-order valence-corrected chi connectivity index (χ2v) is 4.22. The Morgan fingerprint density at radius 3 is 2.88 bits per heavy atom. The summed E-state index contributed by atoms with van der Waals surface area (Å²) < 4.78 is 13.2. The van der Waals surface area contributed by atoms with Crippen LogP contribution in [-0.2, 0) is 0 Å². The lowest BCUT2D eigenvalue weighted by molar-refractivity contribution is 0.186. The molecule has 1 aromatic carbocycles. The number of rotatable bonds is 2. The number of pyridine rings is 1. The lowest BCUT2D eigenvalue weighted by Crippen LogP contribution is -2.39. The second kappa shape index (κ2) is 3.74. The van der Waals surface area contributed by atoms with Gasteiger partial charge in [0.25, 0.3) is 0 Å². The van der Waals surface area contributed by atoms with Gasteiger partial charge in [-0.1, -0.05) is 6.07 Å². The highest BCUT2D eigenvalue weighted by Crippen LogP contribution is 2.29. The van der Waals surface area contributed by atoms with Crippen molar-refractivity contribution in [1.82, 2.24) is 4.98 Å². The quantitative estimate of drug-likeness (QED) is 0.834. The van der Waals surface area contributed by atoms with Crippen LogP contribution in [0.25, 0.3) is 10.9 Å². The molecule has 3 rings (SSSR count). The van der Waals surface area contributed by atoms with E-state index < -0.39 is 6.17 Å². The van der Waals surface area contributed by atoms with E-state index in [0.717, 1.165) is 23.0 Å². The van der Waals surface area contributed by atoms with Gasteiger partial charge >= 0.3 is 0 Å². The van der Waals surface area contributed by atoms with E-state index in [0.29, 0.717) is 6.42 Å². The molecule has 1 N–H and O–H groups in total. The summed E-state index contributed by atoms with van der Waals surface area (Å²) in [6.07, 6.45) is 2.67. The third-order valence-electron chi connectivity index (χ3n) is 3.18. The molecule has 16 heavy (non-hydrogen) atoms. The van der Waals surface area contributed by atoms with Gasteiger partial charge in [0.15, 0.2) is 0 Å². The maximum atomic E-state index is 13.2. The van der Waals surface area contributed by atoms with Gasteiger partial charge in [-0.2, -0.15) is 0 Å². The number of alkyl halides is 1. The second-order valence-electron chi connectivity index (χ2n) is 4.22. The van der Waals surface area contributed by atoms with Gasteiger partial charge in [-0.05, 0) is 37.1 Å². The summed E-state index contributed by atoms with van der Waals surface area (Å²) >= 11 is 0. The van der Waals surface area contributed by atoms with Crippen molar-refractivity contribution in [3.8, 4) is 0 Å². The molecule has 1 aliphatic rings. The highest BCUT2D eigenvalue weighted by Gasteiger charge is 2.30. The van der Waals surface area contributed by atoms with Crippen molar-refractivity contribution in [2.45, 2.75) is 25.1 Å². The fourth-order valence-corrected chi connectivity index (χ4v) is 2.05. The van der Waals surface area contributed by atoms with Crippen LogP contribution in [0.3, 0.4) is 0 Å². The first-order chi connectivity index (χ1) is 7.84. The van der Waals surface area contributed by atoms with Gasteiger partial charge in [0.2, 0.25) is 0 Å². The number of anilines is 1. The summed E-state index contributed by atoms with van der Waals surface area (Å²) in [4.78, 5) is 4.28. The van der Waals surface area contributed by atoms with Gasteiger partial charge in [-0.3, -0.25) is 4.98 Å². The largest absolute Gasteiger partial charge is 0.379 e. The van der Waals surface area contributed by atoms with Crippen LogP contribution in [0, 0.1) is 0 Å². The van der Waals surface area contributed by atoms with Gasteiger partial charge in [-0.25, -0.2) is 4.39 Å². The predicted octanol–water partition coefficient (Wildman–Crippen LogP) is 3.15. The zero-order chi connectivity index (χ0) is 11.0. The Balaban J connectivity index is 1.96. The smallest absolute Gasteiger partial charge is 0.120 e. The number of nitrogens with zero attached hydrogens (tertiary/aromatic N) is 1. The van der Waals surface area contributed by atoms with E-state index in [-0.39, 0.29) is 6.04 Å². The first kappa shape index (κ1) is 9.58. The molecule has 82 valence electrons. The van der Waals surface area contributed by atoms with Gasteiger partial charge < -0.3 is 5.32 Å². The number of hydrogen-bond donors (Lipinski definition) is 1. The van der Waals surface area contributed by atoms with Crippen LogP contribution in [-0.4, -0.2) is 17.2 Å². The molecule has 0 amide bonds. The van der Waals surface area contributed by atoms with Crippen molar-refractivity contribution in [2.75, 3.05) is 5.32 Å². The van der Waals surface area contributed by atoms with Crippen molar-refractivity contribution in [3.63, 3.8) is 0 Å². The van der Waals surface area contributed by atoms with Crippen molar-refractivity contribution in [2.24, 2.45) is 0 Å². The van der Waals surface area contributed by atoms with E-state index in [1.54, 1.807) is 6.20 Å². The molecular weight excluding hydrogens is 203 g/mol. The minimum absolute atomic E-state index is 0.0224. The zero-order valence-corrected chi connectivity index (χ0v) is 8.86. The van der Waals surface area contributed by atoms with E-state index in [9.17, 15) is 4.39 Å². The Bertz CT molecular complexity index is 507. The van der Waals surface area contributed by atoms with Crippen LogP contribution < -0.4 is 5.32 Å². The van der Waals surface area contributed by atoms with E-state index in [1.807, 2.05) is 30.3 Å². The molecule has 0 spiro atoms. The van der Waals surface area contributed by atoms with Crippen molar-refractivity contribution in [3.05, 3.63) is 36.5 Å². The molecule has 3 heteroatoms.